The number of likely N-dealkylation sites (N-methyl/N-ethyl adjacent to an activating group) is 1. The zero-order chi connectivity index (χ0) is 13.6. The maximum atomic E-state index is 11.4. The van der Waals surface area contributed by atoms with Gasteiger partial charge in [0.05, 0.1) is 5.54 Å². The second-order valence-corrected chi connectivity index (χ2v) is 5.56. The van der Waals surface area contributed by atoms with Crippen LogP contribution in [0, 0.1) is 0 Å². The Morgan fingerprint density at radius 1 is 1.67 bits per heavy atom. The standard InChI is InChI=1S/C12H22N4OS/c1-4-15-12(2,10(13)17)6-5-9-18-11-14-7-8-16(11)3/h7-8,15H,4-6,9H2,1-3H3,(H2,13,17). The normalized spacial score (nSPS) is 14.4. The molecule has 0 bridgehead atoms. The van der Waals surface area contributed by atoms with Crippen molar-refractivity contribution in [2.45, 2.75) is 37.4 Å². The smallest absolute Gasteiger partial charge is 0.237 e. The number of aryl methyl sites for hydroxylation is 1. The molecule has 1 heterocycles. The summed E-state index contributed by atoms with van der Waals surface area (Å²) in [5.74, 6) is 0.644. The van der Waals surface area contributed by atoms with Gasteiger partial charge in [-0.3, -0.25) is 4.79 Å². The van der Waals surface area contributed by atoms with Gasteiger partial charge in [-0.05, 0) is 26.3 Å². The number of nitrogens with zero attached hydrogens (tertiary/aromatic N) is 2. The van der Waals surface area contributed by atoms with Crippen molar-refractivity contribution in [3.8, 4) is 0 Å². The highest BCUT2D eigenvalue weighted by atomic mass is 32.2. The number of carbonyl (C=O) groups is 1. The number of amides is 1. The molecule has 18 heavy (non-hydrogen) atoms. The van der Waals surface area contributed by atoms with Crippen molar-refractivity contribution in [1.29, 1.82) is 0 Å². The summed E-state index contributed by atoms with van der Waals surface area (Å²) in [6.07, 6.45) is 5.38. The van der Waals surface area contributed by atoms with Crippen LogP contribution >= 0.6 is 11.8 Å². The van der Waals surface area contributed by atoms with Gasteiger partial charge in [0.15, 0.2) is 5.16 Å². The predicted octanol–water partition coefficient (Wildman–Crippen LogP) is 1.15. The van der Waals surface area contributed by atoms with Crippen LogP contribution in [0.15, 0.2) is 17.6 Å². The highest BCUT2D eigenvalue weighted by Crippen LogP contribution is 2.19. The van der Waals surface area contributed by atoms with E-state index in [1.165, 1.54) is 0 Å². The molecule has 1 aromatic heterocycles. The zero-order valence-corrected chi connectivity index (χ0v) is 12.1. The maximum absolute atomic E-state index is 11.4. The molecular formula is C12H22N4OS. The summed E-state index contributed by atoms with van der Waals surface area (Å²) in [7, 11) is 1.97. The van der Waals surface area contributed by atoms with E-state index in [1.54, 1.807) is 18.0 Å². The minimum Gasteiger partial charge on any atom is -0.368 e. The third-order valence-corrected chi connectivity index (χ3v) is 4.08. The molecule has 0 saturated carbocycles. The molecule has 6 heteroatoms. The van der Waals surface area contributed by atoms with Crippen LogP contribution in [0.4, 0.5) is 0 Å². The number of hydrogen-bond donors (Lipinski definition) is 2. The van der Waals surface area contributed by atoms with Gasteiger partial charge in [-0.1, -0.05) is 18.7 Å². The van der Waals surface area contributed by atoms with Crippen LogP contribution in [0.5, 0.6) is 0 Å². The number of carbonyl (C=O) groups excluding carboxylic acids is 1. The number of aromatic nitrogens is 2. The molecular weight excluding hydrogens is 248 g/mol. The lowest BCUT2D eigenvalue weighted by atomic mass is 9.95. The molecule has 102 valence electrons. The van der Waals surface area contributed by atoms with Crippen molar-refractivity contribution in [3.63, 3.8) is 0 Å². The van der Waals surface area contributed by atoms with E-state index in [-0.39, 0.29) is 5.91 Å². The van der Waals surface area contributed by atoms with Gasteiger partial charge < -0.3 is 15.6 Å². The molecule has 0 fully saturated rings. The van der Waals surface area contributed by atoms with Gasteiger partial charge in [0.25, 0.3) is 0 Å². The summed E-state index contributed by atoms with van der Waals surface area (Å²) in [5.41, 5.74) is 4.83. The molecule has 0 aliphatic carbocycles. The number of rotatable bonds is 8. The Labute approximate surface area is 113 Å². The molecule has 0 aliphatic heterocycles. The lowest BCUT2D eigenvalue weighted by Gasteiger charge is -2.26. The van der Waals surface area contributed by atoms with Gasteiger partial charge in [-0.15, -0.1) is 0 Å². The van der Waals surface area contributed by atoms with Crippen molar-refractivity contribution >= 4 is 17.7 Å². The largest absolute Gasteiger partial charge is 0.368 e. The monoisotopic (exact) mass is 270 g/mol. The Balaban J connectivity index is 2.36. The zero-order valence-electron chi connectivity index (χ0n) is 11.3. The number of nitrogens with one attached hydrogen (secondary N) is 1. The first-order chi connectivity index (χ1) is 8.49. The van der Waals surface area contributed by atoms with Crippen molar-refractivity contribution < 1.29 is 4.79 Å². The van der Waals surface area contributed by atoms with E-state index in [4.69, 9.17) is 5.73 Å². The Bertz CT molecular complexity index is 393. The van der Waals surface area contributed by atoms with E-state index >= 15 is 0 Å². The summed E-state index contributed by atoms with van der Waals surface area (Å²) < 4.78 is 1.99. The highest BCUT2D eigenvalue weighted by molar-refractivity contribution is 7.99. The van der Waals surface area contributed by atoms with E-state index < -0.39 is 5.54 Å². The van der Waals surface area contributed by atoms with Crippen molar-refractivity contribution in [1.82, 2.24) is 14.9 Å². The fourth-order valence-corrected chi connectivity index (χ4v) is 2.64. The topological polar surface area (TPSA) is 72.9 Å². The molecule has 5 nitrogen and oxygen atoms in total. The van der Waals surface area contributed by atoms with Crippen LogP contribution in [0.25, 0.3) is 0 Å². The van der Waals surface area contributed by atoms with E-state index in [0.717, 1.165) is 30.3 Å². The van der Waals surface area contributed by atoms with Gasteiger partial charge in [-0.25, -0.2) is 4.98 Å². The van der Waals surface area contributed by atoms with Crippen LogP contribution in [-0.2, 0) is 11.8 Å². The minimum atomic E-state index is -0.600. The second-order valence-electron chi connectivity index (χ2n) is 4.50. The van der Waals surface area contributed by atoms with Gasteiger partial charge in [-0.2, -0.15) is 0 Å². The van der Waals surface area contributed by atoms with E-state index in [9.17, 15) is 4.79 Å². The molecule has 3 N–H and O–H groups in total. The minimum absolute atomic E-state index is 0.286. The Morgan fingerprint density at radius 2 is 2.39 bits per heavy atom. The Hall–Kier alpha value is -1.01. The van der Waals surface area contributed by atoms with Crippen LogP contribution < -0.4 is 11.1 Å². The fraction of sp³-hybridized carbons (Fsp3) is 0.667. The van der Waals surface area contributed by atoms with Crippen molar-refractivity contribution in [2.75, 3.05) is 12.3 Å². The number of imidazole rings is 1. The number of nitrogens with two attached hydrogens (primary N) is 1. The quantitative estimate of drug-likeness (QED) is 0.549. The number of hydrogen-bond acceptors (Lipinski definition) is 4. The predicted molar refractivity (Wildman–Crippen MR) is 74.4 cm³/mol. The molecule has 1 aromatic rings. The summed E-state index contributed by atoms with van der Waals surface area (Å²) in [4.78, 5) is 15.7. The first-order valence-corrected chi connectivity index (χ1v) is 7.13. The molecule has 0 saturated heterocycles. The molecule has 0 aliphatic rings. The third kappa shape index (κ3) is 4.03. The van der Waals surface area contributed by atoms with Crippen molar-refractivity contribution in [2.24, 2.45) is 12.8 Å². The first kappa shape index (κ1) is 15.0. The summed E-state index contributed by atoms with van der Waals surface area (Å²) in [6.45, 7) is 4.58. The Morgan fingerprint density at radius 3 is 2.89 bits per heavy atom. The SMILES string of the molecule is CCNC(C)(CCCSc1nccn1C)C(N)=O. The van der Waals surface area contributed by atoms with Crippen molar-refractivity contribution in [3.05, 3.63) is 12.4 Å². The summed E-state index contributed by atoms with van der Waals surface area (Å²) >= 11 is 1.70. The molecule has 1 rings (SSSR count). The highest BCUT2D eigenvalue weighted by Gasteiger charge is 2.28. The van der Waals surface area contributed by atoms with Gasteiger partial charge in [0.2, 0.25) is 5.91 Å². The van der Waals surface area contributed by atoms with E-state index in [0.29, 0.717) is 0 Å². The summed E-state index contributed by atoms with van der Waals surface area (Å²) in [6, 6.07) is 0. The molecule has 1 amide bonds. The van der Waals surface area contributed by atoms with Crippen LogP contribution in [0.3, 0.4) is 0 Å². The molecule has 0 aromatic carbocycles. The van der Waals surface area contributed by atoms with Crippen LogP contribution in [0.2, 0.25) is 0 Å². The van der Waals surface area contributed by atoms with Gasteiger partial charge >= 0.3 is 0 Å². The van der Waals surface area contributed by atoms with Gasteiger partial charge in [0.1, 0.15) is 0 Å². The van der Waals surface area contributed by atoms with E-state index in [2.05, 4.69) is 10.3 Å². The van der Waals surface area contributed by atoms with Gasteiger partial charge in [0, 0.05) is 25.2 Å². The number of thioether (sulfide) groups is 1. The van der Waals surface area contributed by atoms with E-state index in [1.807, 2.05) is 31.7 Å². The molecule has 0 spiro atoms. The number of primary amides is 1. The third-order valence-electron chi connectivity index (χ3n) is 2.94. The maximum Gasteiger partial charge on any atom is 0.237 e. The average Bonchev–Trinajstić information content (AvgIpc) is 2.71. The lowest BCUT2D eigenvalue weighted by Crippen LogP contribution is -2.53. The molecule has 1 unspecified atom stereocenters. The Kier molecular flexibility index (Phi) is 5.68. The molecule has 1 atom stereocenters. The molecule has 0 radical (unpaired) electrons. The summed E-state index contributed by atoms with van der Waals surface area (Å²) in [5, 5.41) is 4.16. The average molecular weight is 270 g/mol. The lowest BCUT2D eigenvalue weighted by molar-refractivity contribution is -0.124. The van der Waals surface area contributed by atoms with Crippen LogP contribution in [0.1, 0.15) is 26.7 Å². The van der Waals surface area contributed by atoms with Crippen LogP contribution in [-0.4, -0.2) is 33.3 Å². The first-order valence-electron chi connectivity index (χ1n) is 6.14. The second kappa shape index (κ2) is 6.80. The fourth-order valence-electron chi connectivity index (χ4n) is 1.77.